The molecule has 3 nitrogen and oxygen atoms in total. The lowest BCUT2D eigenvalue weighted by Crippen LogP contribution is -2.07. The van der Waals surface area contributed by atoms with Gasteiger partial charge in [-0.15, -0.1) is 0 Å². The van der Waals surface area contributed by atoms with E-state index in [-0.39, 0.29) is 6.04 Å². The summed E-state index contributed by atoms with van der Waals surface area (Å²) in [5.74, 6) is 1.28. The third-order valence-corrected chi connectivity index (χ3v) is 2.87. The molecule has 0 amide bonds. The zero-order chi connectivity index (χ0) is 13.1. The maximum atomic E-state index is 5.91. The first-order valence-electron chi connectivity index (χ1n) is 5.72. The number of hydrogen-bond acceptors (Lipinski definition) is 3. The minimum atomic E-state index is -0.124. The Labute approximate surface area is 112 Å². The van der Waals surface area contributed by atoms with Crippen LogP contribution in [0, 0.1) is 6.92 Å². The van der Waals surface area contributed by atoms with Gasteiger partial charge in [-0.25, -0.2) is 4.98 Å². The van der Waals surface area contributed by atoms with E-state index in [1.807, 2.05) is 38.1 Å². The van der Waals surface area contributed by atoms with Crippen LogP contribution >= 0.6 is 11.6 Å². The normalized spacial score (nSPS) is 12.2. The summed E-state index contributed by atoms with van der Waals surface area (Å²) in [5, 5.41) is 0.688. The predicted octanol–water partition coefficient (Wildman–Crippen LogP) is 3.86. The van der Waals surface area contributed by atoms with Gasteiger partial charge in [-0.2, -0.15) is 0 Å². The van der Waals surface area contributed by atoms with E-state index in [2.05, 4.69) is 4.98 Å². The molecule has 0 saturated heterocycles. The van der Waals surface area contributed by atoms with Crippen LogP contribution < -0.4 is 10.5 Å². The Morgan fingerprint density at radius 2 is 2.11 bits per heavy atom. The Bertz CT molecular complexity index is 555. The molecule has 0 aliphatic heterocycles. The van der Waals surface area contributed by atoms with Crippen molar-refractivity contribution in [2.45, 2.75) is 19.9 Å². The van der Waals surface area contributed by atoms with Crippen molar-refractivity contribution in [1.82, 2.24) is 4.98 Å². The molecule has 4 heteroatoms. The van der Waals surface area contributed by atoms with Gasteiger partial charge in [0.1, 0.15) is 5.75 Å². The number of pyridine rings is 1. The Hall–Kier alpha value is -1.58. The van der Waals surface area contributed by atoms with Gasteiger partial charge in [0, 0.05) is 22.8 Å². The van der Waals surface area contributed by atoms with Crippen LogP contribution in [0.2, 0.25) is 5.02 Å². The van der Waals surface area contributed by atoms with Crippen molar-refractivity contribution in [1.29, 1.82) is 0 Å². The van der Waals surface area contributed by atoms with Crippen molar-refractivity contribution in [2.75, 3.05) is 0 Å². The number of halogens is 1. The van der Waals surface area contributed by atoms with Crippen molar-refractivity contribution in [3.63, 3.8) is 0 Å². The van der Waals surface area contributed by atoms with E-state index in [1.165, 1.54) is 0 Å². The minimum absolute atomic E-state index is 0.124. The molecule has 18 heavy (non-hydrogen) atoms. The minimum Gasteiger partial charge on any atom is -0.438 e. The molecule has 94 valence electrons. The monoisotopic (exact) mass is 262 g/mol. The summed E-state index contributed by atoms with van der Waals surface area (Å²) >= 11 is 5.91. The van der Waals surface area contributed by atoms with Crippen LogP contribution in [0.25, 0.3) is 0 Å². The molecule has 0 bridgehead atoms. The molecule has 1 aromatic carbocycles. The van der Waals surface area contributed by atoms with E-state index in [0.717, 1.165) is 16.9 Å². The first kappa shape index (κ1) is 12.9. The second kappa shape index (κ2) is 5.38. The predicted molar refractivity (Wildman–Crippen MR) is 73.1 cm³/mol. The molecule has 0 fully saturated rings. The second-order valence-electron chi connectivity index (χ2n) is 4.20. The second-order valence-corrected chi connectivity index (χ2v) is 4.63. The van der Waals surface area contributed by atoms with Crippen molar-refractivity contribution in [3.05, 3.63) is 52.7 Å². The van der Waals surface area contributed by atoms with Crippen LogP contribution in [0.4, 0.5) is 0 Å². The Kier molecular flexibility index (Phi) is 3.84. The van der Waals surface area contributed by atoms with Crippen LogP contribution in [0.5, 0.6) is 11.6 Å². The van der Waals surface area contributed by atoms with E-state index < -0.39 is 0 Å². The molecule has 0 spiro atoms. The fourth-order valence-corrected chi connectivity index (χ4v) is 1.89. The van der Waals surface area contributed by atoms with Crippen LogP contribution in [-0.4, -0.2) is 4.98 Å². The number of hydrogen-bond donors (Lipinski definition) is 1. The van der Waals surface area contributed by atoms with Crippen molar-refractivity contribution in [3.8, 4) is 11.6 Å². The van der Waals surface area contributed by atoms with Gasteiger partial charge in [0.2, 0.25) is 5.88 Å². The number of benzene rings is 1. The molecule has 0 aliphatic carbocycles. The highest BCUT2D eigenvalue weighted by atomic mass is 35.5. The zero-order valence-electron chi connectivity index (χ0n) is 10.4. The average molecular weight is 263 g/mol. The third-order valence-electron chi connectivity index (χ3n) is 2.63. The lowest BCUT2D eigenvalue weighted by Gasteiger charge is -2.13. The highest BCUT2D eigenvalue weighted by molar-refractivity contribution is 6.30. The number of ether oxygens (including phenoxy) is 1. The van der Waals surface area contributed by atoms with E-state index in [4.69, 9.17) is 22.1 Å². The van der Waals surface area contributed by atoms with Gasteiger partial charge in [0.25, 0.3) is 0 Å². The van der Waals surface area contributed by atoms with Crippen LogP contribution in [0.15, 0.2) is 36.5 Å². The summed E-state index contributed by atoms with van der Waals surface area (Å²) in [6.45, 7) is 3.84. The summed E-state index contributed by atoms with van der Waals surface area (Å²) in [6.07, 6.45) is 1.69. The SMILES string of the molecule is Cc1cc(Cl)ccc1Oc1ncccc1[C@H](C)N. The molecule has 1 aromatic heterocycles. The van der Waals surface area contributed by atoms with E-state index >= 15 is 0 Å². The third kappa shape index (κ3) is 2.81. The molecule has 2 aromatic rings. The van der Waals surface area contributed by atoms with E-state index in [0.29, 0.717) is 10.9 Å². The first-order chi connectivity index (χ1) is 8.58. The number of nitrogens with zero attached hydrogens (tertiary/aromatic N) is 1. The van der Waals surface area contributed by atoms with Crippen molar-refractivity contribution < 1.29 is 4.74 Å². The summed E-state index contributed by atoms with van der Waals surface area (Å²) in [7, 11) is 0. The Morgan fingerprint density at radius 3 is 2.78 bits per heavy atom. The van der Waals surface area contributed by atoms with Gasteiger partial charge in [0.15, 0.2) is 0 Å². The molecule has 0 saturated carbocycles. The molecule has 0 unspecified atom stereocenters. The number of rotatable bonds is 3. The van der Waals surface area contributed by atoms with E-state index in [1.54, 1.807) is 12.3 Å². The molecular weight excluding hydrogens is 248 g/mol. The first-order valence-corrected chi connectivity index (χ1v) is 6.10. The molecular formula is C14H15ClN2O. The molecule has 1 heterocycles. The molecule has 0 radical (unpaired) electrons. The largest absolute Gasteiger partial charge is 0.438 e. The fourth-order valence-electron chi connectivity index (χ4n) is 1.67. The highest BCUT2D eigenvalue weighted by Crippen LogP contribution is 2.29. The maximum absolute atomic E-state index is 5.91. The molecule has 1 atom stereocenters. The highest BCUT2D eigenvalue weighted by Gasteiger charge is 2.11. The summed E-state index contributed by atoms with van der Waals surface area (Å²) in [5.41, 5.74) is 7.73. The van der Waals surface area contributed by atoms with Gasteiger partial charge >= 0.3 is 0 Å². The van der Waals surface area contributed by atoms with Crippen LogP contribution in [0.3, 0.4) is 0 Å². The topological polar surface area (TPSA) is 48.1 Å². The number of aromatic nitrogens is 1. The van der Waals surface area contributed by atoms with Gasteiger partial charge in [0.05, 0.1) is 0 Å². The van der Waals surface area contributed by atoms with Crippen LogP contribution in [-0.2, 0) is 0 Å². The Balaban J connectivity index is 2.34. The summed E-state index contributed by atoms with van der Waals surface area (Å²) in [6, 6.07) is 9.11. The summed E-state index contributed by atoms with van der Waals surface area (Å²) < 4.78 is 5.81. The van der Waals surface area contributed by atoms with Gasteiger partial charge < -0.3 is 10.5 Å². The Morgan fingerprint density at radius 1 is 1.33 bits per heavy atom. The quantitative estimate of drug-likeness (QED) is 0.914. The van der Waals surface area contributed by atoms with E-state index in [9.17, 15) is 0 Å². The lowest BCUT2D eigenvalue weighted by molar-refractivity contribution is 0.449. The maximum Gasteiger partial charge on any atom is 0.223 e. The van der Waals surface area contributed by atoms with Crippen LogP contribution in [0.1, 0.15) is 24.1 Å². The van der Waals surface area contributed by atoms with Crippen molar-refractivity contribution in [2.24, 2.45) is 5.73 Å². The molecule has 0 aliphatic rings. The lowest BCUT2D eigenvalue weighted by atomic mass is 10.1. The standard InChI is InChI=1S/C14H15ClN2O/c1-9-8-11(15)5-6-13(9)18-14-12(10(2)16)4-3-7-17-14/h3-8,10H,16H2,1-2H3/t10-/m0/s1. The fraction of sp³-hybridized carbons (Fsp3) is 0.214. The van der Waals surface area contributed by atoms with Gasteiger partial charge in [-0.05, 0) is 43.7 Å². The average Bonchev–Trinajstić information content (AvgIpc) is 2.33. The molecule has 2 rings (SSSR count). The molecule has 2 N–H and O–H groups in total. The van der Waals surface area contributed by atoms with Crippen molar-refractivity contribution >= 4 is 11.6 Å². The number of aryl methyl sites for hydroxylation is 1. The summed E-state index contributed by atoms with van der Waals surface area (Å²) in [4.78, 5) is 4.22. The zero-order valence-corrected chi connectivity index (χ0v) is 11.1. The van der Waals surface area contributed by atoms with Gasteiger partial charge in [-0.1, -0.05) is 17.7 Å². The van der Waals surface area contributed by atoms with Gasteiger partial charge in [-0.3, -0.25) is 0 Å². The smallest absolute Gasteiger partial charge is 0.223 e. The number of nitrogens with two attached hydrogens (primary N) is 1.